The highest BCUT2D eigenvalue weighted by atomic mass is 19.4. The number of carbonyl (C=O) groups excluding carboxylic acids is 1. The Kier molecular flexibility index (Phi) is 7.20. The van der Waals surface area contributed by atoms with E-state index in [1.807, 2.05) is 0 Å². The monoisotopic (exact) mass is 383 g/mol. The Labute approximate surface area is 155 Å². The number of anilines is 1. The summed E-state index contributed by atoms with van der Waals surface area (Å²) in [5.41, 5.74) is 0.228. The first-order chi connectivity index (χ1) is 12.8. The van der Waals surface area contributed by atoms with Crippen LogP contribution in [-0.2, 0) is 22.3 Å². The molecule has 0 heterocycles. The second kappa shape index (κ2) is 9.38. The molecule has 1 N–H and O–H groups in total. The van der Waals surface area contributed by atoms with E-state index in [9.17, 15) is 18.0 Å². The molecular formula is C19H20F3NO4. The van der Waals surface area contributed by atoms with Crippen LogP contribution < -0.4 is 10.1 Å². The third kappa shape index (κ3) is 5.97. The fourth-order valence-electron chi connectivity index (χ4n) is 2.28. The third-order valence-corrected chi connectivity index (χ3v) is 3.63. The first kappa shape index (κ1) is 20.7. The summed E-state index contributed by atoms with van der Waals surface area (Å²) in [5, 5.41) is 2.48. The summed E-state index contributed by atoms with van der Waals surface area (Å²) >= 11 is 0. The van der Waals surface area contributed by atoms with Crippen molar-refractivity contribution in [3.63, 3.8) is 0 Å². The van der Waals surface area contributed by atoms with Crippen molar-refractivity contribution in [2.45, 2.75) is 12.8 Å². The van der Waals surface area contributed by atoms with Gasteiger partial charge in [-0.3, -0.25) is 4.79 Å². The summed E-state index contributed by atoms with van der Waals surface area (Å²) in [6.07, 6.45) is -4.54. The Balaban J connectivity index is 2.23. The molecule has 0 radical (unpaired) electrons. The number of halogens is 3. The minimum absolute atomic E-state index is 0.0631. The van der Waals surface area contributed by atoms with Crippen molar-refractivity contribution in [2.75, 3.05) is 32.8 Å². The first-order valence-corrected chi connectivity index (χ1v) is 8.07. The van der Waals surface area contributed by atoms with E-state index in [2.05, 4.69) is 5.32 Å². The Morgan fingerprint density at radius 2 is 1.70 bits per heavy atom. The lowest BCUT2D eigenvalue weighted by Crippen LogP contribution is -2.15. The van der Waals surface area contributed by atoms with Gasteiger partial charge in [0.1, 0.15) is 12.4 Å². The predicted octanol–water partition coefficient (Wildman–Crippen LogP) is 4.13. The molecule has 146 valence electrons. The lowest BCUT2D eigenvalue weighted by atomic mass is 10.1. The standard InChI is InChI=1S/C19H20F3NO4/c1-25-9-10-27-17-8-7-15(19(20,21)22)11-16(17)23-18(24)14-5-3-13(4-6-14)12-26-2/h3-8,11H,9-10,12H2,1-2H3,(H,23,24). The molecule has 0 fully saturated rings. The van der Waals surface area contributed by atoms with Crippen molar-refractivity contribution < 1.29 is 32.2 Å². The fourth-order valence-corrected chi connectivity index (χ4v) is 2.28. The molecule has 0 atom stereocenters. The van der Waals surface area contributed by atoms with Gasteiger partial charge in [-0.1, -0.05) is 12.1 Å². The van der Waals surface area contributed by atoms with E-state index in [0.717, 1.165) is 17.7 Å². The molecule has 2 aromatic carbocycles. The molecule has 0 aliphatic rings. The van der Waals surface area contributed by atoms with Crippen molar-refractivity contribution in [1.29, 1.82) is 0 Å². The summed E-state index contributed by atoms with van der Waals surface area (Å²) < 4.78 is 54.3. The number of hydrogen-bond donors (Lipinski definition) is 1. The van der Waals surface area contributed by atoms with Crippen LogP contribution in [0.15, 0.2) is 42.5 Å². The van der Waals surface area contributed by atoms with Crippen LogP contribution in [0.4, 0.5) is 18.9 Å². The van der Waals surface area contributed by atoms with Crippen LogP contribution in [0.25, 0.3) is 0 Å². The van der Waals surface area contributed by atoms with Crippen molar-refractivity contribution >= 4 is 11.6 Å². The fraction of sp³-hybridized carbons (Fsp3) is 0.316. The van der Waals surface area contributed by atoms with E-state index in [0.29, 0.717) is 12.2 Å². The van der Waals surface area contributed by atoms with Gasteiger partial charge >= 0.3 is 6.18 Å². The number of hydrogen-bond acceptors (Lipinski definition) is 4. The van der Waals surface area contributed by atoms with Crippen LogP contribution in [0.5, 0.6) is 5.75 Å². The molecule has 0 spiro atoms. The van der Waals surface area contributed by atoms with Crippen LogP contribution in [0.3, 0.4) is 0 Å². The van der Waals surface area contributed by atoms with Gasteiger partial charge in [0.25, 0.3) is 5.91 Å². The Bertz CT molecular complexity index is 761. The summed E-state index contributed by atoms with van der Waals surface area (Å²) in [5.74, 6) is -0.417. The van der Waals surface area contributed by atoms with Gasteiger partial charge in [0, 0.05) is 19.8 Å². The Morgan fingerprint density at radius 1 is 1.00 bits per heavy atom. The normalized spacial score (nSPS) is 11.3. The number of ether oxygens (including phenoxy) is 3. The van der Waals surface area contributed by atoms with Crippen LogP contribution in [0.1, 0.15) is 21.5 Å². The van der Waals surface area contributed by atoms with Gasteiger partial charge in [0.2, 0.25) is 0 Å². The van der Waals surface area contributed by atoms with E-state index in [1.54, 1.807) is 31.4 Å². The number of rotatable bonds is 8. The molecule has 2 aromatic rings. The van der Waals surface area contributed by atoms with Crippen LogP contribution in [0, 0.1) is 0 Å². The van der Waals surface area contributed by atoms with Gasteiger partial charge in [0.05, 0.1) is 24.5 Å². The molecule has 1 amide bonds. The van der Waals surface area contributed by atoms with E-state index < -0.39 is 17.6 Å². The van der Waals surface area contributed by atoms with Gasteiger partial charge in [-0.05, 0) is 35.9 Å². The summed E-state index contributed by atoms with van der Waals surface area (Å²) in [7, 11) is 3.03. The topological polar surface area (TPSA) is 56.8 Å². The second-order valence-electron chi connectivity index (χ2n) is 5.63. The molecule has 0 bridgehead atoms. The maximum absolute atomic E-state index is 13.0. The molecule has 0 unspecified atom stereocenters. The van der Waals surface area contributed by atoms with Crippen molar-refractivity contribution in [3.8, 4) is 5.75 Å². The zero-order valence-electron chi connectivity index (χ0n) is 14.9. The number of amides is 1. The van der Waals surface area contributed by atoms with Crippen molar-refractivity contribution in [1.82, 2.24) is 0 Å². The molecule has 27 heavy (non-hydrogen) atoms. The quantitative estimate of drug-likeness (QED) is 0.697. The average molecular weight is 383 g/mol. The highest BCUT2D eigenvalue weighted by Crippen LogP contribution is 2.35. The molecule has 8 heteroatoms. The lowest BCUT2D eigenvalue weighted by molar-refractivity contribution is -0.137. The first-order valence-electron chi connectivity index (χ1n) is 8.07. The maximum atomic E-state index is 13.0. The minimum Gasteiger partial charge on any atom is -0.489 e. The molecule has 0 aliphatic carbocycles. The maximum Gasteiger partial charge on any atom is 0.416 e. The highest BCUT2D eigenvalue weighted by Gasteiger charge is 2.31. The molecule has 2 rings (SSSR count). The number of nitrogens with one attached hydrogen (secondary N) is 1. The highest BCUT2D eigenvalue weighted by molar-refractivity contribution is 6.05. The largest absolute Gasteiger partial charge is 0.489 e. The predicted molar refractivity (Wildman–Crippen MR) is 93.9 cm³/mol. The zero-order chi connectivity index (χ0) is 19.9. The van der Waals surface area contributed by atoms with Crippen LogP contribution in [0.2, 0.25) is 0 Å². The van der Waals surface area contributed by atoms with Gasteiger partial charge < -0.3 is 19.5 Å². The molecular weight excluding hydrogens is 363 g/mol. The van der Waals surface area contributed by atoms with Gasteiger partial charge in [-0.15, -0.1) is 0 Å². The van der Waals surface area contributed by atoms with Crippen LogP contribution >= 0.6 is 0 Å². The molecule has 0 aromatic heterocycles. The van der Waals surface area contributed by atoms with Gasteiger partial charge in [-0.25, -0.2) is 0 Å². The molecule has 0 saturated heterocycles. The Hall–Kier alpha value is -2.58. The average Bonchev–Trinajstić information content (AvgIpc) is 2.63. The zero-order valence-corrected chi connectivity index (χ0v) is 14.9. The molecule has 0 aliphatic heterocycles. The minimum atomic E-state index is -4.54. The Morgan fingerprint density at radius 3 is 2.30 bits per heavy atom. The lowest BCUT2D eigenvalue weighted by Gasteiger charge is -2.15. The SMILES string of the molecule is COCCOc1ccc(C(F)(F)F)cc1NC(=O)c1ccc(COC)cc1. The molecule has 0 saturated carbocycles. The summed E-state index contributed by atoms with van der Waals surface area (Å²) in [4.78, 5) is 12.4. The van der Waals surface area contributed by atoms with E-state index in [4.69, 9.17) is 14.2 Å². The third-order valence-electron chi connectivity index (χ3n) is 3.63. The smallest absolute Gasteiger partial charge is 0.416 e. The van der Waals surface area contributed by atoms with Gasteiger partial charge in [0.15, 0.2) is 0 Å². The number of benzene rings is 2. The molecule has 5 nitrogen and oxygen atoms in total. The second-order valence-corrected chi connectivity index (χ2v) is 5.63. The summed E-state index contributed by atoms with van der Waals surface area (Å²) in [6.45, 7) is 0.791. The van der Waals surface area contributed by atoms with E-state index in [1.165, 1.54) is 13.2 Å². The van der Waals surface area contributed by atoms with E-state index in [-0.39, 0.29) is 24.7 Å². The summed E-state index contributed by atoms with van der Waals surface area (Å²) in [6, 6.07) is 9.49. The number of carbonyl (C=O) groups is 1. The van der Waals surface area contributed by atoms with Crippen molar-refractivity contribution in [3.05, 3.63) is 59.2 Å². The number of alkyl halides is 3. The van der Waals surface area contributed by atoms with Crippen molar-refractivity contribution in [2.24, 2.45) is 0 Å². The van der Waals surface area contributed by atoms with Gasteiger partial charge in [-0.2, -0.15) is 13.2 Å². The van der Waals surface area contributed by atoms with Crippen LogP contribution in [-0.4, -0.2) is 33.3 Å². The number of methoxy groups -OCH3 is 2. The van der Waals surface area contributed by atoms with E-state index >= 15 is 0 Å².